The number of carbonyl (C=O) groups is 2. The summed E-state index contributed by atoms with van der Waals surface area (Å²) in [6.45, 7) is 3.78. The second-order valence-corrected chi connectivity index (χ2v) is 6.96. The van der Waals surface area contributed by atoms with Crippen LogP contribution in [0.15, 0.2) is 42.6 Å². The lowest BCUT2D eigenvalue weighted by Crippen LogP contribution is -2.49. The third kappa shape index (κ3) is 4.77. The molecular formula is C21H24N4O4. The van der Waals surface area contributed by atoms with Crippen molar-refractivity contribution in [2.45, 2.75) is 12.8 Å². The molecule has 1 fully saturated rings. The number of piperazine rings is 1. The van der Waals surface area contributed by atoms with E-state index in [1.54, 1.807) is 24.4 Å². The minimum atomic E-state index is -0.192. The molecule has 152 valence electrons. The van der Waals surface area contributed by atoms with E-state index in [0.717, 1.165) is 18.9 Å². The zero-order valence-electron chi connectivity index (χ0n) is 16.2. The number of nitrogens with one attached hydrogen (secondary N) is 1. The predicted molar refractivity (Wildman–Crippen MR) is 108 cm³/mol. The number of fused-ring (bicyclic) bond motifs is 1. The van der Waals surface area contributed by atoms with E-state index in [4.69, 9.17) is 9.47 Å². The number of pyridine rings is 1. The molecule has 2 aliphatic heterocycles. The number of benzene rings is 1. The Bertz CT molecular complexity index is 866. The van der Waals surface area contributed by atoms with Crippen molar-refractivity contribution in [1.82, 2.24) is 9.88 Å². The van der Waals surface area contributed by atoms with E-state index in [-0.39, 0.29) is 24.7 Å². The summed E-state index contributed by atoms with van der Waals surface area (Å²) >= 11 is 0. The maximum atomic E-state index is 12.5. The molecule has 0 aliphatic carbocycles. The SMILES string of the molecule is O=C(CCC(=O)N1CCN(c2ccccn2)CC1)Nc1ccc2c(c1)OCCO2. The first kappa shape index (κ1) is 19.0. The van der Waals surface area contributed by atoms with Crippen LogP contribution in [0.2, 0.25) is 0 Å². The van der Waals surface area contributed by atoms with Crippen molar-refractivity contribution in [3.63, 3.8) is 0 Å². The third-order valence-corrected chi connectivity index (χ3v) is 5.00. The van der Waals surface area contributed by atoms with Crippen molar-refractivity contribution in [1.29, 1.82) is 0 Å². The van der Waals surface area contributed by atoms with Crippen LogP contribution in [0.1, 0.15) is 12.8 Å². The van der Waals surface area contributed by atoms with E-state index in [1.165, 1.54) is 0 Å². The van der Waals surface area contributed by atoms with Gasteiger partial charge in [-0.15, -0.1) is 0 Å². The van der Waals surface area contributed by atoms with Crippen molar-refractivity contribution in [2.75, 3.05) is 49.6 Å². The maximum absolute atomic E-state index is 12.5. The van der Waals surface area contributed by atoms with Crippen LogP contribution in [0.4, 0.5) is 11.5 Å². The van der Waals surface area contributed by atoms with Crippen molar-refractivity contribution in [3.05, 3.63) is 42.6 Å². The summed E-state index contributed by atoms with van der Waals surface area (Å²) in [6, 6.07) is 11.1. The molecule has 8 nitrogen and oxygen atoms in total. The van der Waals surface area contributed by atoms with Crippen LogP contribution in [0.3, 0.4) is 0 Å². The van der Waals surface area contributed by atoms with Gasteiger partial charge in [-0.2, -0.15) is 0 Å². The minimum Gasteiger partial charge on any atom is -0.486 e. The lowest BCUT2D eigenvalue weighted by molar-refractivity contribution is -0.133. The van der Waals surface area contributed by atoms with E-state index in [1.807, 2.05) is 23.1 Å². The van der Waals surface area contributed by atoms with Gasteiger partial charge >= 0.3 is 0 Å². The second kappa shape index (κ2) is 8.81. The number of hydrogen-bond donors (Lipinski definition) is 1. The average molecular weight is 396 g/mol. The summed E-state index contributed by atoms with van der Waals surface area (Å²) in [5, 5.41) is 2.82. The van der Waals surface area contributed by atoms with E-state index >= 15 is 0 Å². The molecule has 0 radical (unpaired) electrons. The van der Waals surface area contributed by atoms with Crippen molar-refractivity contribution in [2.24, 2.45) is 0 Å². The number of hydrogen-bond acceptors (Lipinski definition) is 6. The standard InChI is InChI=1S/C21H24N4O4/c26-20(23-16-4-5-17-18(15-16)29-14-13-28-17)6-7-21(27)25-11-9-24(10-12-25)19-3-1-2-8-22-19/h1-5,8,15H,6-7,9-14H2,(H,23,26). The number of nitrogens with zero attached hydrogens (tertiary/aromatic N) is 3. The highest BCUT2D eigenvalue weighted by Gasteiger charge is 2.22. The Hall–Kier alpha value is -3.29. The Morgan fingerprint density at radius 3 is 2.52 bits per heavy atom. The van der Waals surface area contributed by atoms with Gasteiger partial charge in [0, 0.05) is 57.0 Å². The summed E-state index contributed by atoms with van der Waals surface area (Å²) in [5.74, 6) is 2.04. The Kier molecular flexibility index (Phi) is 5.79. The van der Waals surface area contributed by atoms with E-state index in [2.05, 4.69) is 15.2 Å². The Labute approximate surface area is 169 Å². The summed E-state index contributed by atoms with van der Waals surface area (Å²) in [6.07, 6.45) is 2.11. The molecule has 1 saturated heterocycles. The molecule has 0 spiro atoms. The first-order valence-corrected chi connectivity index (χ1v) is 9.82. The molecule has 2 amide bonds. The molecule has 1 aromatic heterocycles. The second-order valence-electron chi connectivity index (χ2n) is 6.96. The summed E-state index contributed by atoms with van der Waals surface area (Å²) in [4.78, 5) is 33.0. The van der Waals surface area contributed by atoms with Crippen LogP contribution in [0.25, 0.3) is 0 Å². The van der Waals surface area contributed by atoms with E-state index in [0.29, 0.717) is 43.5 Å². The van der Waals surface area contributed by atoms with Crippen LogP contribution in [-0.4, -0.2) is 61.1 Å². The smallest absolute Gasteiger partial charge is 0.224 e. The lowest BCUT2D eigenvalue weighted by Gasteiger charge is -2.35. The van der Waals surface area contributed by atoms with Crippen LogP contribution < -0.4 is 19.7 Å². The van der Waals surface area contributed by atoms with Gasteiger partial charge in [-0.3, -0.25) is 9.59 Å². The van der Waals surface area contributed by atoms with Crippen LogP contribution in [-0.2, 0) is 9.59 Å². The number of ether oxygens (including phenoxy) is 2. The highest BCUT2D eigenvalue weighted by Crippen LogP contribution is 2.32. The number of aromatic nitrogens is 1. The molecule has 1 N–H and O–H groups in total. The van der Waals surface area contributed by atoms with Crippen LogP contribution in [0, 0.1) is 0 Å². The first-order valence-electron chi connectivity index (χ1n) is 9.82. The van der Waals surface area contributed by atoms with Gasteiger partial charge < -0.3 is 24.6 Å². The zero-order valence-corrected chi connectivity index (χ0v) is 16.2. The Morgan fingerprint density at radius 1 is 0.966 bits per heavy atom. The largest absolute Gasteiger partial charge is 0.486 e. The minimum absolute atomic E-state index is 0.00277. The zero-order chi connectivity index (χ0) is 20.1. The molecule has 3 heterocycles. The third-order valence-electron chi connectivity index (χ3n) is 5.00. The highest BCUT2D eigenvalue weighted by molar-refractivity contribution is 5.93. The van der Waals surface area contributed by atoms with Crippen molar-refractivity contribution < 1.29 is 19.1 Å². The average Bonchev–Trinajstić information content (AvgIpc) is 2.78. The molecule has 4 rings (SSSR count). The fraction of sp³-hybridized carbons (Fsp3) is 0.381. The molecule has 2 aromatic rings. The Balaban J connectivity index is 1.22. The van der Waals surface area contributed by atoms with Crippen molar-refractivity contribution >= 4 is 23.3 Å². The monoisotopic (exact) mass is 396 g/mol. The van der Waals surface area contributed by atoms with Gasteiger partial charge in [0.2, 0.25) is 11.8 Å². The number of carbonyl (C=O) groups excluding carboxylic acids is 2. The summed E-state index contributed by atoms with van der Waals surface area (Å²) in [5.41, 5.74) is 0.635. The predicted octanol–water partition coefficient (Wildman–Crippen LogP) is 1.92. The van der Waals surface area contributed by atoms with Gasteiger partial charge in [0.1, 0.15) is 19.0 Å². The summed E-state index contributed by atoms with van der Waals surface area (Å²) < 4.78 is 11.0. The topological polar surface area (TPSA) is 84.0 Å². The molecule has 1 aromatic carbocycles. The van der Waals surface area contributed by atoms with E-state index in [9.17, 15) is 9.59 Å². The van der Waals surface area contributed by atoms with Gasteiger partial charge in [-0.25, -0.2) is 4.98 Å². The van der Waals surface area contributed by atoms with Gasteiger partial charge in [0.05, 0.1) is 0 Å². The molecular weight excluding hydrogens is 372 g/mol. The lowest BCUT2D eigenvalue weighted by atomic mass is 10.2. The summed E-state index contributed by atoms with van der Waals surface area (Å²) in [7, 11) is 0. The maximum Gasteiger partial charge on any atom is 0.224 e. The van der Waals surface area contributed by atoms with E-state index < -0.39 is 0 Å². The highest BCUT2D eigenvalue weighted by atomic mass is 16.6. The van der Waals surface area contributed by atoms with Gasteiger partial charge in [0.15, 0.2) is 11.5 Å². The number of amides is 2. The quantitative estimate of drug-likeness (QED) is 0.831. The molecule has 29 heavy (non-hydrogen) atoms. The number of rotatable bonds is 5. The molecule has 0 bridgehead atoms. The first-order chi connectivity index (χ1) is 14.2. The van der Waals surface area contributed by atoms with Gasteiger partial charge in [0.25, 0.3) is 0 Å². The fourth-order valence-electron chi connectivity index (χ4n) is 3.45. The Morgan fingerprint density at radius 2 is 1.76 bits per heavy atom. The molecule has 8 heteroatoms. The normalized spacial score (nSPS) is 15.7. The van der Waals surface area contributed by atoms with Crippen molar-refractivity contribution in [3.8, 4) is 11.5 Å². The molecule has 0 unspecified atom stereocenters. The van der Waals surface area contributed by atoms with Crippen LogP contribution in [0.5, 0.6) is 11.5 Å². The molecule has 0 atom stereocenters. The van der Waals surface area contributed by atoms with Gasteiger partial charge in [-0.1, -0.05) is 6.07 Å². The number of anilines is 2. The molecule has 0 saturated carbocycles. The van der Waals surface area contributed by atoms with Crippen LogP contribution >= 0.6 is 0 Å². The fourth-order valence-corrected chi connectivity index (χ4v) is 3.45. The van der Waals surface area contributed by atoms with Gasteiger partial charge in [-0.05, 0) is 24.3 Å². The molecule has 2 aliphatic rings.